The van der Waals surface area contributed by atoms with Crippen LogP contribution in [0.3, 0.4) is 0 Å². The highest BCUT2D eigenvalue weighted by molar-refractivity contribution is 5.86. The smallest absolute Gasteiger partial charge is 0.223 e. The molecule has 4 aromatic carbocycles. The van der Waals surface area contributed by atoms with Gasteiger partial charge in [-0.25, -0.2) is 0 Å². The van der Waals surface area contributed by atoms with Crippen LogP contribution in [0.4, 0.5) is 0 Å². The number of aryl methyl sites for hydroxylation is 1. The summed E-state index contributed by atoms with van der Waals surface area (Å²) < 4.78 is 8.34. The number of rotatable bonds is 11. The first kappa shape index (κ1) is 27.2. The second-order valence-corrected chi connectivity index (χ2v) is 10.6. The summed E-state index contributed by atoms with van der Waals surface area (Å²) in [5.74, 6) is 1.55. The molecular formula is C35H37N3O2. The lowest BCUT2D eigenvalue weighted by Crippen LogP contribution is -2.37. The third kappa shape index (κ3) is 6.61. The van der Waals surface area contributed by atoms with Crippen molar-refractivity contribution in [2.75, 3.05) is 27.2 Å². The highest BCUT2D eigenvalue weighted by Crippen LogP contribution is 2.37. The van der Waals surface area contributed by atoms with E-state index in [9.17, 15) is 4.79 Å². The summed E-state index contributed by atoms with van der Waals surface area (Å²) in [6.07, 6.45) is 2.54. The molecule has 1 amide bonds. The number of nitrogens with zero attached hydrogens (tertiary/aromatic N) is 3. The zero-order chi connectivity index (χ0) is 27.9. The molecule has 1 heterocycles. The Bertz CT molecular complexity index is 1540. The number of aromatic nitrogens is 1. The van der Waals surface area contributed by atoms with Gasteiger partial charge in [-0.2, -0.15) is 0 Å². The van der Waals surface area contributed by atoms with Crippen molar-refractivity contribution in [3.63, 3.8) is 0 Å². The first-order valence-corrected chi connectivity index (χ1v) is 13.8. The molecule has 0 fully saturated rings. The van der Waals surface area contributed by atoms with Crippen LogP contribution in [-0.2, 0) is 18.4 Å². The highest BCUT2D eigenvalue weighted by Gasteiger charge is 2.26. The van der Waals surface area contributed by atoms with Gasteiger partial charge in [0, 0.05) is 56.1 Å². The molecule has 0 aliphatic heterocycles. The number of likely N-dealkylation sites (N-methyl/N-ethyl adjacent to an activating group) is 1. The Morgan fingerprint density at radius 3 is 2.23 bits per heavy atom. The van der Waals surface area contributed by atoms with E-state index in [2.05, 4.69) is 71.2 Å². The molecular weight excluding hydrogens is 494 g/mol. The number of carbonyl (C=O) groups is 1. The predicted octanol–water partition coefficient (Wildman–Crippen LogP) is 7.08. The van der Waals surface area contributed by atoms with Gasteiger partial charge in [-0.15, -0.1) is 0 Å². The van der Waals surface area contributed by atoms with Crippen LogP contribution in [0, 0.1) is 0 Å². The molecule has 0 spiro atoms. The molecule has 0 saturated heterocycles. The van der Waals surface area contributed by atoms with Crippen LogP contribution in [-0.4, -0.2) is 47.5 Å². The number of para-hydroxylation sites is 2. The Morgan fingerprint density at radius 1 is 0.800 bits per heavy atom. The summed E-state index contributed by atoms with van der Waals surface area (Å²) in [5.41, 5.74) is 4.50. The Labute approximate surface area is 237 Å². The maximum absolute atomic E-state index is 14.1. The summed E-state index contributed by atoms with van der Waals surface area (Å²) in [4.78, 5) is 18.2. The number of ether oxygens (including phenoxy) is 1. The number of hydrogen-bond acceptors (Lipinski definition) is 3. The van der Waals surface area contributed by atoms with Crippen LogP contribution in [0.25, 0.3) is 10.9 Å². The zero-order valence-corrected chi connectivity index (χ0v) is 23.5. The minimum Gasteiger partial charge on any atom is -0.457 e. The third-order valence-electron chi connectivity index (χ3n) is 7.31. The molecule has 40 heavy (non-hydrogen) atoms. The molecule has 1 aromatic heterocycles. The number of benzene rings is 4. The Kier molecular flexibility index (Phi) is 8.62. The summed E-state index contributed by atoms with van der Waals surface area (Å²) in [5, 5.41) is 1.17. The largest absolute Gasteiger partial charge is 0.457 e. The molecule has 5 nitrogen and oxygen atoms in total. The number of fused-ring (bicyclic) bond motifs is 1. The van der Waals surface area contributed by atoms with Crippen molar-refractivity contribution in [2.45, 2.75) is 18.9 Å². The fraction of sp³-hybridized carbons (Fsp3) is 0.229. The summed E-state index contributed by atoms with van der Waals surface area (Å²) in [7, 11) is 6.16. The number of hydrogen-bond donors (Lipinski definition) is 0. The van der Waals surface area contributed by atoms with E-state index < -0.39 is 0 Å². The van der Waals surface area contributed by atoms with E-state index in [1.165, 1.54) is 5.39 Å². The van der Waals surface area contributed by atoms with Crippen molar-refractivity contribution in [2.24, 2.45) is 7.05 Å². The lowest BCUT2D eigenvalue weighted by atomic mass is 9.87. The van der Waals surface area contributed by atoms with Gasteiger partial charge < -0.3 is 19.1 Å². The van der Waals surface area contributed by atoms with E-state index in [1.54, 1.807) is 0 Å². The van der Waals surface area contributed by atoms with Crippen LogP contribution >= 0.6 is 0 Å². The zero-order valence-electron chi connectivity index (χ0n) is 23.5. The van der Waals surface area contributed by atoms with Crippen molar-refractivity contribution in [3.8, 4) is 11.5 Å². The highest BCUT2D eigenvalue weighted by atomic mass is 16.5. The molecule has 1 unspecified atom stereocenters. The van der Waals surface area contributed by atoms with Crippen LogP contribution in [0.2, 0.25) is 0 Å². The predicted molar refractivity (Wildman–Crippen MR) is 163 cm³/mol. The number of amides is 1. The van der Waals surface area contributed by atoms with E-state index in [0.29, 0.717) is 19.5 Å². The monoisotopic (exact) mass is 531 g/mol. The van der Waals surface area contributed by atoms with Crippen molar-refractivity contribution in [3.05, 3.63) is 132 Å². The second kappa shape index (κ2) is 12.7. The average molecular weight is 532 g/mol. The molecule has 1 atom stereocenters. The summed E-state index contributed by atoms with van der Waals surface area (Å²) in [6, 6.07) is 36.6. The minimum atomic E-state index is -0.129. The van der Waals surface area contributed by atoms with Crippen LogP contribution in [0.1, 0.15) is 29.0 Å². The molecule has 0 bridgehead atoms. The first-order valence-electron chi connectivity index (χ1n) is 13.8. The lowest BCUT2D eigenvalue weighted by molar-refractivity contribution is -0.132. The first-order chi connectivity index (χ1) is 19.5. The van der Waals surface area contributed by atoms with Gasteiger partial charge in [-0.3, -0.25) is 4.79 Å². The maximum Gasteiger partial charge on any atom is 0.223 e. The van der Waals surface area contributed by atoms with Gasteiger partial charge in [-0.1, -0.05) is 78.9 Å². The van der Waals surface area contributed by atoms with E-state index in [-0.39, 0.29) is 11.8 Å². The molecule has 0 radical (unpaired) electrons. The minimum absolute atomic E-state index is 0.129. The molecule has 0 saturated carbocycles. The fourth-order valence-electron chi connectivity index (χ4n) is 5.20. The quantitative estimate of drug-likeness (QED) is 0.183. The maximum atomic E-state index is 14.1. The fourth-order valence-corrected chi connectivity index (χ4v) is 5.20. The molecule has 0 aliphatic rings. The van der Waals surface area contributed by atoms with Crippen LogP contribution < -0.4 is 4.74 Å². The van der Waals surface area contributed by atoms with Crippen LogP contribution in [0.5, 0.6) is 11.5 Å². The molecule has 0 aliphatic carbocycles. The SMILES string of the molecule is CN(C)CCN(Cc1ccccc1)C(=O)CC(c1cccc(Oc2ccccc2)c1)c1cn(C)c2ccccc12. The van der Waals surface area contributed by atoms with Crippen molar-refractivity contribution < 1.29 is 9.53 Å². The Morgan fingerprint density at radius 2 is 1.48 bits per heavy atom. The van der Waals surface area contributed by atoms with Crippen molar-refractivity contribution in [1.29, 1.82) is 0 Å². The average Bonchev–Trinajstić information content (AvgIpc) is 3.31. The van der Waals surface area contributed by atoms with Crippen molar-refractivity contribution in [1.82, 2.24) is 14.4 Å². The second-order valence-electron chi connectivity index (χ2n) is 10.6. The van der Waals surface area contributed by atoms with Crippen molar-refractivity contribution >= 4 is 16.8 Å². The topological polar surface area (TPSA) is 37.7 Å². The molecule has 0 N–H and O–H groups in total. The van der Waals surface area contributed by atoms with Gasteiger partial charge in [-0.05, 0) is 61.1 Å². The van der Waals surface area contributed by atoms with E-state index >= 15 is 0 Å². The van der Waals surface area contributed by atoms with Gasteiger partial charge in [0.05, 0.1) is 0 Å². The standard InChI is InChI=1S/C35H37N3O2/c1-36(2)21-22-38(25-27-13-6-4-7-14-27)35(39)24-32(33-26-37(3)34-20-11-10-19-31(33)34)28-15-12-18-30(23-28)40-29-16-8-5-9-17-29/h4-20,23,26,32H,21-22,24-25H2,1-3H3. The van der Waals surface area contributed by atoms with Gasteiger partial charge in [0.25, 0.3) is 0 Å². The molecule has 5 rings (SSSR count). The molecule has 5 aromatic rings. The molecule has 5 heteroatoms. The van der Waals surface area contributed by atoms with Crippen LogP contribution in [0.15, 0.2) is 115 Å². The van der Waals surface area contributed by atoms with Gasteiger partial charge in [0.2, 0.25) is 5.91 Å². The molecule has 204 valence electrons. The van der Waals surface area contributed by atoms with E-state index in [1.807, 2.05) is 79.7 Å². The third-order valence-corrected chi connectivity index (χ3v) is 7.31. The van der Waals surface area contributed by atoms with Gasteiger partial charge in [0.1, 0.15) is 11.5 Å². The normalized spacial score (nSPS) is 12.0. The van der Waals surface area contributed by atoms with E-state index in [4.69, 9.17) is 4.74 Å². The van der Waals surface area contributed by atoms with Gasteiger partial charge >= 0.3 is 0 Å². The van der Waals surface area contributed by atoms with Gasteiger partial charge in [0.15, 0.2) is 0 Å². The number of carbonyl (C=O) groups excluding carboxylic acids is 1. The summed E-state index contributed by atoms with van der Waals surface area (Å²) >= 11 is 0. The Balaban J connectivity index is 1.51. The summed E-state index contributed by atoms with van der Waals surface area (Å²) in [6.45, 7) is 2.06. The lowest BCUT2D eigenvalue weighted by Gasteiger charge is -2.27. The Hall–Kier alpha value is -4.35. The van der Waals surface area contributed by atoms with E-state index in [0.717, 1.165) is 40.3 Å².